The molecule has 0 saturated carbocycles. The molecule has 4 rings (SSSR count). The number of carbonyl (C=O) groups is 1. The Morgan fingerprint density at radius 1 is 1.06 bits per heavy atom. The van der Waals surface area contributed by atoms with Crippen LogP contribution in [-0.4, -0.2) is 56.5 Å². The third kappa shape index (κ3) is 4.85. The highest BCUT2D eigenvalue weighted by Crippen LogP contribution is 2.30. The molecule has 0 N–H and O–H groups in total. The van der Waals surface area contributed by atoms with E-state index in [1.807, 2.05) is 0 Å². The second-order valence-corrected chi connectivity index (χ2v) is 10.2. The van der Waals surface area contributed by atoms with E-state index in [1.54, 1.807) is 6.33 Å². The Labute approximate surface area is 186 Å². The van der Waals surface area contributed by atoms with Crippen LogP contribution in [0.15, 0.2) is 6.33 Å². The van der Waals surface area contributed by atoms with E-state index in [0.717, 1.165) is 74.8 Å². The van der Waals surface area contributed by atoms with Gasteiger partial charge in [-0.15, -0.1) is 0 Å². The standard InChI is InChI=1S/C24H38N6O/c1-17(2)13-29(14-18(3)4)24(31)19-9-8-11-28(15-19)22-21-23(26-16-25-22)30-12-7-5-6-10-20(30)27-21/h16-19H,5-15H2,1-4H3. The third-order valence-corrected chi connectivity index (χ3v) is 6.43. The van der Waals surface area contributed by atoms with Gasteiger partial charge in [0.05, 0.1) is 5.92 Å². The van der Waals surface area contributed by atoms with Crippen LogP contribution >= 0.6 is 0 Å². The van der Waals surface area contributed by atoms with E-state index in [1.165, 1.54) is 19.3 Å². The lowest BCUT2D eigenvalue weighted by atomic mass is 9.95. The fourth-order valence-corrected chi connectivity index (χ4v) is 5.12. The van der Waals surface area contributed by atoms with Gasteiger partial charge in [0.2, 0.25) is 5.91 Å². The van der Waals surface area contributed by atoms with Crippen molar-refractivity contribution in [3.8, 4) is 0 Å². The fourth-order valence-electron chi connectivity index (χ4n) is 5.12. The first kappa shape index (κ1) is 22.0. The van der Waals surface area contributed by atoms with Crippen molar-refractivity contribution in [1.82, 2.24) is 24.4 Å². The predicted octanol–water partition coefficient (Wildman–Crippen LogP) is 3.91. The minimum atomic E-state index is 0.0247. The smallest absolute Gasteiger partial charge is 0.227 e. The van der Waals surface area contributed by atoms with Gasteiger partial charge in [0.15, 0.2) is 17.0 Å². The number of aromatic nitrogens is 4. The Morgan fingerprint density at radius 3 is 2.58 bits per heavy atom. The minimum Gasteiger partial charge on any atom is -0.354 e. The number of anilines is 1. The molecule has 1 unspecified atom stereocenters. The van der Waals surface area contributed by atoms with Crippen molar-refractivity contribution in [2.45, 2.75) is 72.8 Å². The Kier molecular flexibility index (Phi) is 6.77. The van der Waals surface area contributed by atoms with Gasteiger partial charge in [-0.1, -0.05) is 34.1 Å². The number of imidazole rings is 1. The zero-order chi connectivity index (χ0) is 22.0. The van der Waals surface area contributed by atoms with Gasteiger partial charge < -0.3 is 14.4 Å². The monoisotopic (exact) mass is 426 g/mol. The van der Waals surface area contributed by atoms with Crippen molar-refractivity contribution in [2.24, 2.45) is 17.8 Å². The zero-order valence-electron chi connectivity index (χ0n) is 19.7. The fraction of sp³-hybridized carbons (Fsp3) is 0.750. The molecule has 1 atom stereocenters. The Morgan fingerprint density at radius 2 is 1.84 bits per heavy atom. The molecule has 2 aliphatic rings. The first-order valence-corrected chi connectivity index (χ1v) is 12.2. The summed E-state index contributed by atoms with van der Waals surface area (Å²) in [5, 5.41) is 0. The summed E-state index contributed by atoms with van der Waals surface area (Å²) in [6, 6.07) is 0. The lowest BCUT2D eigenvalue weighted by molar-refractivity contribution is -0.136. The largest absolute Gasteiger partial charge is 0.354 e. The molecule has 0 bridgehead atoms. The van der Waals surface area contributed by atoms with Crippen LogP contribution in [0.5, 0.6) is 0 Å². The summed E-state index contributed by atoms with van der Waals surface area (Å²) in [6.07, 6.45) is 8.27. The van der Waals surface area contributed by atoms with Crippen LogP contribution in [-0.2, 0) is 17.8 Å². The molecule has 1 fully saturated rings. The molecule has 2 aliphatic heterocycles. The number of fused-ring (bicyclic) bond motifs is 3. The Bertz CT molecular complexity index is 895. The van der Waals surface area contributed by atoms with Crippen LogP contribution in [0.2, 0.25) is 0 Å². The van der Waals surface area contributed by atoms with Gasteiger partial charge in [-0.05, 0) is 37.5 Å². The van der Waals surface area contributed by atoms with Crippen molar-refractivity contribution in [2.75, 3.05) is 31.1 Å². The summed E-state index contributed by atoms with van der Waals surface area (Å²) in [6.45, 7) is 13.1. The number of carbonyl (C=O) groups excluding carboxylic acids is 1. The number of rotatable bonds is 6. The second-order valence-electron chi connectivity index (χ2n) is 10.2. The molecule has 31 heavy (non-hydrogen) atoms. The normalized spacial score (nSPS) is 19.7. The highest BCUT2D eigenvalue weighted by atomic mass is 16.2. The minimum absolute atomic E-state index is 0.0247. The van der Waals surface area contributed by atoms with Crippen LogP contribution in [0.3, 0.4) is 0 Å². The highest BCUT2D eigenvalue weighted by Gasteiger charge is 2.32. The molecule has 2 aromatic rings. The van der Waals surface area contributed by atoms with Crippen LogP contribution < -0.4 is 4.90 Å². The summed E-state index contributed by atoms with van der Waals surface area (Å²) >= 11 is 0. The number of nitrogens with zero attached hydrogens (tertiary/aromatic N) is 6. The molecule has 1 saturated heterocycles. The maximum atomic E-state index is 13.5. The summed E-state index contributed by atoms with van der Waals surface area (Å²) in [7, 11) is 0. The van der Waals surface area contributed by atoms with Gasteiger partial charge in [-0.2, -0.15) is 0 Å². The topological polar surface area (TPSA) is 67.2 Å². The molecule has 4 heterocycles. The summed E-state index contributed by atoms with van der Waals surface area (Å²) in [5.41, 5.74) is 1.87. The average Bonchev–Trinajstić information content (AvgIpc) is 2.93. The quantitative estimate of drug-likeness (QED) is 0.701. The van der Waals surface area contributed by atoms with Gasteiger partial charge in [0, 0.05) is 39.1 Å². The van der Waals surface area contributed by atoms with Crippen molar-refractivity contribution in [1.29, 1.82) is 0 Å². The first-order chi connectivity index (χ1) is 14.9. The van der Waals surface area contributed by atoms with Crippen molar-refractivity contribution < 1.29 is 4.79 Å². The lowest BCUT2D eigenvalue weighted by Gasteiger charge is -2.36. The first-order valence-electron chi connectivity index (χ1n) is 12.2. The predicted molar refractivity (Wildman–Crippen MR) is 124 cm³/mol. The summed E-state index contributed by atoms with van der Waals surface area (Å²) in [4.78, 5) is 32.0. The van der Waals surface area contributed by atoms with Crippen LogP contribution in [0.4, 0.5) is 5.82 Å². The third-order valence-electron chi connectivity index (χ3n) is 6.43. The maximum absolute atomic E-state index is 13.5. The number of hydrogen-bond donors (Lipinski definition) is 0. The van der Waals surface area contributed by atoms with Gasteiger partial charge >= 0.3 is 0 Å². The van der Waals surface area contributed by atoms with E-state index in [-0.39, 0.29) is 5.92 Å². The average molecular weight is 427 g/mol. The number of aryl methyl sites for hydroxylation is 2. The van der Waals surface area contributed by atoms with E-state index in [9.17, 15) is 4.79 Å². The van der Waals surface area contributed by atoms with Gasteiger partial charge in [-0.25, -0.2) is 15.0 Å². The molecule has 7 nitrogen and oxygen atoms in total. The molecule has 0 radical (unpaired) electrons. The van der Waals surface area contributed by atoms with Gasteiger partial charge in [-0.3, -0.25) is 4.79 Å². The highest BCUT2D eigenvalue weighted by molar-refractivity contribution is 5.85. The van der Waals surface area contributed by atoms with Gasteiger partial charge in [0.1, 0.15) is 12.2 Å². The number of hydrogen-bond acceptors (Lipinski definition) is 5. The SMILES string of the molecule is CC(C)CN(CC(C)C)C(=O)C1CCCN(c2ncnc3c2nc2n3CCCCC2)C1. The van der Waals surface area contributed by atoms with E-state index >= 15 is 0 Å². The Hall–Kier alpha value is -2.18. The van der Waals surface area contributed by atoms with Crippen LogP contribution in [0.25, 0.3) is 11.2 Å². The molecule has 2 aromatic heterocycles. The Balaban J connectivity index is 1.57. The number of piperidine rings is 1. The molecular weight excluding hydrogens is 388 g/mol. The van der Waals surface area contributed by atoms with Crippen molar-refractivity contribution >= 4 is 22.9 Å². The van der Waals surface area contributed by atoms with E-state index in [0.29, 0.717) is 17.7 Å². The summed E-state index contributed by atoms with van der Waals surface area (Å²) < 4.78 is 2.28. The molecule has 7 heteroatoms. The van der Waals surface area contributed by atoms with E-state index in [2.05, 4.69) is 52.0 Å². The molecule has 1 amide bonds. The molecule has 0 aromatic carbocycles. The summed E-state index contributed by atoms with van der Waals surface area (Å²) in [5.74, 6) is 3.32. The number of amides is 1. The molecule has 170 valence electrons. The lowest BCUT2D eigenvalue weighted by Crippen LogP contribution is -2.47. The van der Waals surface area contributed by atoms with E-state index in [4.69, 9.17) is 4.98 Å². The molecule has 0 spiro atoms. The van der Waals surface area contributed by atoms with E-state index < -0.39 is 0 Å². The van der Waals surface area contributed by atoms with Crippen molar-refractivity contribution in [3.05, 3.63) is 12.2 Å². The second kappa shape index (κ2) is 9.53. The van der Waals surface area contributed by atoms with Crippen LogP contribution in [0.1, 0.15) is 65.6 Å². The molecular formula is C24H38N6O. The zero-order valence-corrected chi connectivity index (χ0v) is 19.7. The van der Waals surface area contributed by atoms with Gasteiger partial charge in [0.25, 0.3) is 0 Å². The maximum Gasteiger partial charge on any atom is 0.227 e. The molecule has 0 aliphatic carbocycles. The van der Waals surface area contributed by atoms with Crippen molar-refractivity contribution in [3.63, 3.8) is 0 Å². The van der Waals surface area contributed by atoms with Crippen LogP contribution in [0, 0.1) is 17.8 Å².